The van der Waals surface area contributed by atoms with Crippen LogP contribution < -0.4 is 5.73 Å². The Balaban J connectivity index is 2.05. The molecule has 0 spiro atoms. The molecule has 0 heterocycles. The second-order valence-electron chi connectivity index (χ2n) is 5.06. The van der Waals surface area contributed by atoms with Crippen LogP contribution in [-0.2, 0) is 12.8 Å². The number of benzene rings is 2. The SMILES string of the molecule is Cc1ccccc1CC(CN)Cc1ccc(I)cc1. The summed E-state index contributed by atoms with van der Waals surface area (Å²) in [5.41, 5.74) is 10.1. The molecule has 0 fully saturated rings. The van der Waals surface area contributed by atoms with Gasteiger partial charge in [-0.05, 0) is 83.6 Å². The van der Waals surface area contributed by atoms with Gasteiger partial charge in [-0.25, -0.2) is 0 Å². The topological polar surface area (TPSA) is 26.0 Å². The summed E-state index contributed by atoms with van der Waals surface area (Å²) in [5, 5.41) is 0. The van der Waals surface area contributed by atoms with E-state index in [1.807, 2.05) is 0 Å². The molecule has 2 aromatic carbocycles. The third-order valence-corrected chi connectivity index (χ3v) is 4.26. The molecule has 2 N–H and O–H groups in total. The first-order valence-electron chi connectivity index (χ1n) is 6.68. The summed E-state index contributed by atoms with van der Waals surface area (Å²) >= 11 is 2.34. The molecule has 0 bridgehead atoms. The second-order valence-corrected chi connectivity index (χ2v) is 6.31. The third kappa shape index (κ3) is 4.32. The highest BCUT2D eigenvalue weighted by Crippen LogP contribution is 2.17. The smallest absolute Gasteiger partial charge is 0.0130 e. The maximum atomic E-state index is 5.95. The maximum absolute atomic E-state index is 5.95. The molecule has 0 aliphatic heterocycles. The predicted molar refractivity (Wildman–Crippen MR) is 90.3 cm³/mol. The van der Waals surface area contributed by atoms with Crippen LogP contribution in [0.2, 0.25) is 0 Å². The van der Waals surface area contributed by atoms with Gasteiger partial charge in [0.15, 0.2) is 0 Å². The first-order valence-corrected chi connectivity index (χ1v) is 7.76. The molecule has 1 nitrogen and oxygen atoms in total. The van der Waals surface area contributed by atoms with Gasteiger partial charge in [0.25, 0.3) is 0 Å². The minimum Gasteiger partial charge on any atom is -0.330 e. The van der Waals surface area contributed by atoms with E-state index >= 15 is 0 Å². The zero-order valence-corrected chi connectivity index (χ0v) is 13.4. The number of hydrogen-bond acceptors (Lipinski definition) is 1. The van der Waals surface area contributed by atoms with Gasteiger partial charge in [0.1, 0.15) is 0 Å². The van der Waals surface area contributed by atoms with E-state index in [9.17, 15) is 0 Å². The molecule has 0 saturated heterocycles. The lowest BCUT2D eigenvalue weighted by Gasteiger charge is -2.16. The van der Waals surface area contributed by atoms with E-state index < -0.39 is 0 Å². The van der Waals surface area contributed by atoms with E-state index in [2.05, 4.69) is 78.0 Å². The molecule has 0 saturated carbocycles. The summed E-state index contributed by atoms with van der Waals surface area (Å²) in [7, 11) is 0. The van der Waals surface area contributed by atoms with Crippen LogP contribution in [0.3, 0.4) is 0 Å². The van der Waals surface area contributed by atoms with Crippen molar-refractivity contribution < 1.29 is 0 Å². The number of aryl methyl sites for hydroxylation is 1. The third-order valence-electron chi connectivity index (χ3n) is 3.54. The Kier molecular flexibility index (Phi) is 5.40. The van der Waals surface area contributed by atoms with Gasteiger partial charge < -0.3 is 5.73 Å². The Hall–Kier alpha value is -0.870. The number of halogens is 1. The molecule has 0 aliphatic rings. The van der Waals surface area contributed by atoms with Gasteiger partial charge in [-0.3, -0.25) is 0 Å². The maximum Gasteiger partial charge on any atom is 0.0130 e. The first-order chi connectivity index (χ1) is 9.19. The normalized spacial score (nSPS) is 12.4. The van der Waals surface area contributed by atoms with E-state index in [-0.39, 0.29) is 0 Å². The van der Waals surface area contributed by atoms with Crippen molar-refractivity contribution in [1.82, 2.24) is 0 Å². The van der Waals surface area contributed by atoms with Crippen LogP contribution in [0.5, 0.6) is 0 Å². The molecule has 1 atom stereocenters. The molecule has 2 heteroatoms. The molecular weight excluding hydrogens is 345 g/mol. The van der Waals surface area contributed by atoms with Crippen molar-refractivity contribution in [3.05, 3.63) is 68.8 Å². The van der Waals surface area contributed by atoms with Crippen molar-refractivity contribution in [3.63, 3.8) is 0 Å². The average molecular weight is 365 g/mol. The van der Waals surface area contributed by atoms with Crippen molar-refractivity contribution in [2.45, 2.75) is 19.8 Å². The molecule has 0 amide bonds. The largest absolute Gasteiger partial charge is 0.330 e. The zero-order valence-electron chi connectivity index (χ0n) is 11.3. The Morgan fingerprint density at radius 1 is 1.00 bits per heavy atom. The van der Waals surface area contributed by atoms with Crippen molar-refractivity contribution in [3.8, 4) is 0 Å². The summed E-state index contributed by atoms with van der Waals surface area (Å²) in [5.74, 6) is 0.515. The van der Waals surface area contributed by atoms with Crippen LogP contribution in [0.4, 0.5) is 0 Å². The van der Waals surface area contributed by atoms with Crippen LogP contribution in [-0.4, -0.2) is 6.54 Å². The Morgan fingerprint density at radius 2 is 1.68 bits per heavy atom. The lowest BCUT2D eigenvalue weighted by Crippen LogP contribution is -2.19. The number of rotatable bonds is 5. The van der Waals surface area contributed by atoms with Crippen LogP contribution in [0.15, 0.2) is 48.5 Å². The molecule has 0 aromatic heterocycles. The summed E-state index contributed by atoms with van der Waals surface area (Å²) in [6.45, 7) is 2.91. The van der Waals surface area contributed by atoms with Gasteiger partial charge in [-0.15, -0.1) is 0 Å². The predicted octanol–water partition coefficient (Wildman–Crippen LogP) is 3.96. The molecule has 1 unspecified atom stereocenters. The van der Waals surface area contributed by atoms with Gasteiger partial charge in [-0.1, -0.05) is 36.4 Å². The highest BCUT2D eigenvalue weighted by molar-refractivity contribution is 14.1. The van der Waals surface area contributed by atoms with Gasteiger partial charge in [0.2, 0.25) is 0 Å². The number of hydrogen-bond donors (Lipinski definition) is 1. The molecular formula is C17H20IN. The van der Waals surface area contributed by atoms with Crippen LogP contribution in [0.1, 0.15) is 16.7 Å². The molecule has 100 valence electrons. The molecule has 0 aliphatic carbocycles. The zero-order chi connectivity index (χ0) is 13.7. The molecule has 2 aromatic rings. The van der Waals surface area contributed by atoms with E-state index in [0.717, 1.165) is 19.4 Å². The summed E-state index contributed by atoms with van der Waals surface area (Å²) in [6.07, 6.45) is 2.12. The van der Waals surface area contributed by atoms with Crippen LogP contribution in [0.25, 0.3) is 0 Å². The highest BCUT2D eigenvalue weighted by atomic mass is 127. The fraction of sp³-hybridized carbons (Fsp3) is 0.294. The summed E-state index contributed by atoms with van der Waals surface area (Å²) in [4.78, 5) is 0. The summed E-state index contributed by atoms with van der Waals surface area (Å²) in [6, 6.07) is 17.3. The highest BCUT2D eigenvalue weighted by Gasteiger charge is 2.10. The van der Waals surface area contributed by atoms with E-state index in [4.69, 9.17) is 5.73 Å². The van der Waals surface area contributed by atoms with Gasteiger partial charge in [-0.2, -0.15) is 0 Å². The standard InChI is InChI=1S/C17H20IN/c1-13-4-2-3-5-16(13)11-15(12-19)10-14-6-8-17(18)9-7-14/h2-9,15H,10-12,19H2,1H3. The van der Waals surface area contributed by atoms with E-state index in [1.54, 1.807) is 0 Å². The molecule has 2 rings (SSSR count). The monoisotopic (exact) mass is 365 g/mol. The summed E-state index contributed by atoms with van der Waals surface area (Å²) < 4.78 is 1.28. The Morgan fingerprint density at radius 3 is 2.32 bits per heavy atom. The fourth-order valence-corrected chi connectivity index (χ4v) is 2.70. The Labute approximate surface area is 129 Å². The lowest BCUT2D eigenvalue weighted by atomic mass is 9.91. The van der Waals surface area contributed by atoms with Crippen molar-refractivity contribution >= 4 is 22.6 Å². The minimum absolute atomic E-state index is 0.515. The second kappa shape index (κ2) is 7.06. The quantitative estimate of drug-likeness (QED) is 0.798. The van der Waals surface area contributed by atoms with E-state index in [1.165, 1.54) is 20.3 Å². The first kappa shape index (κ1) is 14.5. The number of nitrogens with two attached hydrogens (primary N) is 1. The van der Waals surface area contributed by atoms with Crippen molar-refractivity contribution in [2.24, 2.45) is 11.7 Å². The molecule has 0 radical (unpaired) electrons. The van der Waals surface area contributed by atoms with Crippen LogP contribution >= 0.6 is 22.6 Å². The minimum atomic E-state index is 0.515. The Bertz CT molecular complexity index is 519. The lowest BCUT2D eigenvalue weighted by molar-refractivity contribution is 0.532. The van der Waals surface area contributed by atoms with E-state index in [0.29, 0.717) is 5.92 Å². The average Bonchev–Trinajstić information content (AvgIpc) is 2.43. The van der Waals surface area contributed by atoms with Gasteiger partial charge in [0.05, 0.1) is 0 Å². The van der Waals surface area contributed by atoms with Gasteiger partial charge in [0, 0.05) is 3.57 Å². The fourth-order valence-electron chi connectivity index (χ4n) is 2.34. The van der Waals surface area contributed by atoms with Gasteiger partial charge >= 0.3 is 0 Å². The van der Waals surface area contributed by atoms with Crippen molar-refractivity contribution in [1.29, 1.82) is 0 Å². The van der Waals surface area contributed by atoms with Crippen molar-refractivity contribution in [2.75, 3.05) is 6.54 Å². The van der Waals surface area contributed by atoms with Crippen LogP contribution in [0, 0.1) is 16.4 Å². The molecule has 19 heavy (non-hydrogen) atoms.